The summed E-state index contributed by atoms with van der Waals surface area (Å²) >= 11 is 0. The summed E-state index contributed by atoms with van der Waals surface area (Å²) in [6.45, 7) is 15.1. The number of carbonyl (C=O) groups excluding carboxylic acids is 1. The molecule has 0 aliphatic carbocycles. The number of likely N-dealkylation sites (tertiary alicyclic amines) is 1. The van der Waals surface area contributed by atoms with Gasteiger partial charge in [-0.3, -0.25) is 0 Å². The molecule has 0 aromatic carbocycles. The van der Waals surface area contributed by atoms with Crippen molar-refractivity contribution in [2.75, 3.05) is 18.4 Å². The molecule has 6 heteroatoms. The van der Waals surface area contributed by atoms with E-state index in [0.717, 1.165) is 29.8 Å². The van der Waals surface area contributed by atoms with Crippen LogP contribution in [-0.2, 0) is 4.74 Å². The normalized spacial score (nSPS) is 17.5. The number of nitrogens with one attached hydrogen (secondary N) is 1. The molecule has 24 heavy (non-hydrogen) atoms. The molecule has 1 aliphatic heterocycles. The van der Waals surface area contributed by atoms with Gasteiger partial charge in [0.25, 0.3) is 0 Å². The minimum atomic E-state index is -0.503. The van der Waals surface area contributed by atoms with Crippen LogP contribution in [0.3, 0.4) is 0 Å². The Bertz CT molecular complexity index is 607. The van der Waals surface area contributed by atoms with Crippen molar-refractivity contribution >= 4 is 11.9 Å². The van der Waals surface area contributed by atoms with E-state index in [-0.39, 0.29) is 12.1 Å². The van der Waals surface area contributed by atoms with Gasteiger partial charge in [-0.25, -0.2) is 14.8 Å². The van der Waals surface area contributed by atoms with Crippen LogP contribution in [0, 0.1) is 0 Å². The van der Waals surface area contributed by atoms with Gasteiger partial charge in [-0.05, 0) is 50.8 Å². The zero-order valence-electron chi connectivity index (χ0n) is 14.7. The molecule has 1 saturated heterocycles. The molecular weight excluding hydrogens is 304 g/mol. The average molecular weight is 330 g/mol. The van der Waals surface area contributed by atoms with Crippen molar-refractivity contribution in [3.8, 4) is 0 Å². The summed E-state index contributed by atoms with van der Waals surface area (Å²) in [5, 5.41) is 3.18. The van der Waals surface area contributed by atoms with Crippen molar-refractivity contribution in [2.24, 2.45) is 0 Å². The maximum atomic E-state index is 12.4. The van der Waals surface area contributed by atoms with E-state index in [9.17, 15) is 4.79 Å². The van der Waals surface area contributed by atoms with Gasteiger partial charge in [-0.1, -0.05) is 13.2 Å². The zero-order valence-corrected chi connectivity index (χ0v) is 14.7. The molecule has 0 spiro atoms. The predicted molar refractivity (Wildman–Crippen MR) is 94.8 cm³/mol. The lowest BCUT2D eigenvalue weighted by molar-refractivity contribution is 0.0250. The maximum Gasteiger partial charge on any atom is 0.410 e. The summed E-state index contributed by atoms with van der Waals surface area (Å²) in [5.41, 5.74) is 1.21. The number of ether oxygens (including phenoxy) is 1. The van der Waals surface area contributed by atoms with Gasteiger partial charge in [-0.15, -0.1) is 0 Å². The number of nitrogens with zero attached hydrogens (tertiary/aromatic N) is 3. The second-order valence-electron chi connectivity index (χ2n) is 6.91. The van der Waals surface area contributed by atoms with Crippen LogP contribution in [0.1, 0.15) is 33.6 Å². The van der Waals surface area contributed by atoms with E-state index in [1.807, 2.05) is 20.8 Å². The Kier molecular flexibility index (Phi) is 5.59. The first-order valence-corrected chi connectivity index (χ1v) is 8.14. The first-order chi connectivity index (χ1) is 11.3. The summed E-state index contributed by atoms with van der Waals surface area (Å²) in [6.07, 6.45) is 4.69. The van der Waals surface area contributed by atoms with E-state index < -0.39 is 5.60 Å². The summed E-state index contributed by atoms with van der Waals surface area (Å²) in [7, 11) is 0. The average Bonchev–Trinajstić information content (AvgIpc) is 3.01. The summed E-state index contributed by atoms with van der Waals surface area (Å²) in [6, 6.07) is 1.73. The Hall–Kier alpha value is -2.37. The minimum absolute atomic E-state index is 0.0560. The Labute approximate surface area is 143 Å². The molecule has 1 amide bonds. The monoisotopic (exact) mass is 330 g/mol. The molecule has 1 aromatic rings. The molecule has 0 radical (unpaired) electrons. The number of hydrogen-bond donors (Lipinski definition) is 1. The lowest BCUT2D eigenvalue weighted by Gasteiger charge is -2.30. The van der Waals surface area contributed by atoms with Crippen LogP contribution in [0.5, 0.6) is 0 Å². The van der Waals surface area contributed by atoms with E-state index in [4.69, 9.17) is 4.74 Å². The van der Waals surface area contributed by atoms with Crippen molar-refractivity contribution in [2.45, 2.75) is 45.3 Å². The highest BCUT2D eigenvalue weighted by atomic mass is 16.6. The van der Waals surface area contributed by atoms with Crippen LogP contribution in [0.15, 0.2) is 42.9 Å². The largest absolute Gasteiger partial charge is 0.444 e. The van der Waals surface area contributed by atoms with E-state index in [1.54, 1.807) is 17.2 Å². The molecule has 0 bridgehead atoms. The van der Waals surface area contributed by atoms with Gasteiger partial charge in [0.2, 0.25) is 0 Å². The van der Waals surface area contributed by atoms with Gasteiger partial charge >= 0.3 is 6.09 Å². The van der Waals surface area contributed by atoms with Crippen LogP contribution >= 0.6 is 0 Å². The SMILES string of the molecule is C=C(CNc1ccncn1)C(=C)[C@@H]1CCCN1C(=O)OC(C)(C)C. The molecule has 1 aromatic heterocycles. The second kappa shape index (κ2) is 7.47. The van der Waals surface area contributed by atoms with Crippen LogP contribution in [0.25, 0.3) is 0 Å². The van der Waals surface area contributed by atoms with Gasteiger partial charge in [0.05, 0.1) is 6.04 Å². The first-order valence-electron chi connectivity index (χ1n) is 8.14. The molecular formula is C18H26N4O2. The smallest absolute Gasteiger partial charge is 0.410 e. The summed E-state index contributed by atoms with van der Waals surface area (Å²) in [5.74, 6) is 0.731. The third-order valence-corrected chi connectivity index (χ3v) is 3.80. The molecule has 1 aliphatic rings. The van der Waals surface area contributed by atoms with Crippen molar-refractivity contribution in [1.29, 1.82) is 0 Å². The quantitative estimate of drug-likeness (QED) is 0.838. The van der Waals surface area contributed by atoms with Gasteiger partial charge in [-0.2, -0.15) is 0 Å². The number of hydrogen-bond acceptors (Lipinski definition) is 5. The fourth-order valence-corrected chi connectivity index (χ4v) is 2.61. The Morgan fingerprint density at radius 1 is 1.46 bits per heavy atom. The van der Waals surface area contributed by atoms with E-state index in [0.29, 0.717) is 13.1 Å². The number of rotatable bonds is 5. The van der Waals surface area contributed by atoms with Crippen molar-refractivity contribution < 1.29 is 9.53 Å². The standard InChI is InChI=1S/C18H26N4O2/c1-13(11-20-16-8-9-19-12-21-16)14(2)15-7-6-10-22(15)17(23)24-18(3,4)5/h8-9,12,15H,1-2,6-7,10-11H2,3-5H3,(H,19,20,21)/t15-/m0/s1. The fourth-order valence-electron chi connectivity index (χ4n) is 2.61. The van der Waals surface area contributed by atoms with E-state index in [2.05, 4.69) is 28.4 Å². The number of aromatic nitrogens is 2. The van der Waals surface area contributed by atoms with Crippen molar-refractivity contribution in [1.82, 2.24) is 14.9 Å². The Morgan fingerprint density at radius 2 is 2.21 bits per heavy atom. The molecule has 2 rings (SSSR count). The molecule has 1 atom stereocenters. The zero-order chi connectivity index (χ0) is 17.7. The fraction of sp³-hybridized carbons (Fsp3) is 0.500. The second-order valence-corrected chi connectivity index (χ2v) is 6.91. The highest BCUT2D eigenvalue weighted by molar-refractivity contribution is 5.70. The first kappa shape index (κ1) is 18.0. The van der Waals surface area contributed by atoms with Gasteiger partial charge in [0.15, 0.2) is 0 Å². The Morgan fingerprint density at radius 3 is 2.83 bits per heavy atom. The van der Waals surface area contributed by atoms with Gasteiger partial charge in [0.1, 0.15) is 17.7 Å². The molecule has 130 valence electrons. The third kappa shape index (κ3) is 4.81. The van der Waals surface area contributed by atoms with Crippen molar-refractivity contribution in [3.05, 3.63) is 42.9 Å². The van der Waals surface area contributed by atoms with Crippen LogP contribution in [0.2, 0.25) is 0 Å². The lowest BCUT2D eigenvalue weighted by atomic mass is 9.99. The van der Waals surface area contributed by atoms with E-state index >= 15 is 0 Å². The predicted octanol–water partition coefficient (Wildman–Crippen LogP) is 3.40. The highest BCUT2D eigenvalue weighted by Gasteiger charge is 2.34. The molecule has 6 nitrogen and oxygen atoms in total. The molecule has 2 heterocycles. The van der Waals surface area contributed by atoms with Gasteiger partial charge in [0, 0.05) is 19.3 Å². The lowest BCUT2D eigenvalue weighted by Crippen LogP contribution is -2.40. The minimum Gasteiger partial charge on any atom is -0.444 e. The van der Waals surface area contributed by atoms with Gasteiger partial charge < -0.3 is 15.0 Å². The number of anilines is 1. The van der Waals surface area contributed by atoms with Crippen LogP contribution < -0.4 is 5.32 Å². The molecule has 0 unspecified atom stereocenters. The van der Waals surface area contributed by atoms with E-state index in [1.165, 1.54) is 6.33 Å². The van der Waals surface area contributed by atoms with Crippen LogP contribution in [0.4, 0.5) is 10.6 Å². The Balaban J connectivity index is 1.94. The van der Waals surface area contributed by atoms with Crippen molar-refractivity contribution in [3.63, 3.8) is 0 Å². The molecule has 0 saturated carbocycles. The number of carbonyl (C=O) groups is 1. The maximum absolute atomic E-state index is 12.4. The molecule has 1 N–H and O–H groups in total. The van der Waals surface area contributed by atoms with Crippen LogP contribution in [-0.4, -0.2) is 45.7 Å². The third-order valence-electron chi connectivity index (χ3n) is 3.80. The molecule has 1 fully saturated rings. The summed E-state index contributed by atoms with van der Waals surface area (Å²) < 4.78 is 5.49. The topological polar surface area (TPSA) is 67.4 Å². The highest BCUT2D eigenvalue weighted by Crippen LogP contribution is 2.28. The summed E-state index contributed by atoms with van der Waals surface area (Å²) in [4.78, 5) is 22.1. The number of amides is 1.